The lowest BCUT2D eigenvalue weighted by Crippen LogP contribution is -2.53. The number of likely N-dealkylation sites (N-methyl/N-ethyl adjacent to an activating group) is 1. The lowest BCUT2D eigenvalue weighted by molar-refractivity contribution is -0.124. The van der Waals surface area contributed by atoms with Crippen molar-refractivity contribution in [2.45, 2.75) is 84.2 Å². The summed E-state index contributed by atoms with van der Waals surface area (Å²) in [6.07, 6.45) is 2.28. The molecule has 0 saturated carbocycles. The summed E-state index contributed by atoms with van der Waals surface area (Å²) in [5.74, 6) is 0.342. The molecule has 1 atom stereocenters. The molecule has 0 radical (unpaired) electrons. The molecule has 2 aliphatic heterocycles. The fourth-order valence-corrected chi connectivity index (χ4v) is 6.24. The van der Waals surface area contributed by atoms with Crippen molar-refractivity contribution in [3.05, 3.63) is 17.2 Å². The van der Waals surface area contributed by atoms with Gasteiger partial charge >= 0.3 is 0 Å². The highest BCUT2D eigenvalue weighted by Crippen LogP contribution is 2.32. The highest BCUT2D eigenvalue weighted by atomic mass is 32.2. The van der Waals surface area contributed by atoms with Crippen LogP contribution < -0.4 is 10.6 Å². The molecule has 1 unspecified atom stereocenters. The van der Waals surface area contributed by atoms with Crippen LogP contribution in [0, 0.1) is 5.41 Å². The van der Waals surface area contributed by atoms with Gasteiger partial charge in [0.05, 0.1) is 10.9 Å². The topological polar surface area (TPSA) is 117 Å². The Labute approximate surface area is 209 Å². The van der Waals surface area contributed by atoms with Crippen LogP contribution in [0.2, 0.25) is 0 Å². The first-order valence-electron chi connectivity index (χ1n) is 12.6. The molecule has 1 fully saturated rings. The van der Waals surface area contributed by atoms with E-state index in [0.29, 0.717) is 38.2 Å². The van der Waals surface area contributed by atoms with E-state index in [9.17, 15) is 18.0 Å². The van der Waals surface area contributed by atoms with E-state index in [1.165, 1.54) is 0 Å². The monoisotopic (exact) mass is 510 g/mol. The highest BCUT2D eigenvalue weighted by molar-refractivity contribution is 7.89. The van der Waals surface area contributed by atoms with Crippen LogP contribution in [0.1, 0.15) is 81.8 Å². The van der Waals surface area contributed by atoms with Gasteiger partial charge in [0.1, 0.15) is 11.9 Å². The second-order valence-electron chi connectivity index (χ2n) is 11.2. The molecule has 0 spiro atoms. The van der Waals surface area contributed by atoms with E-state index >= 15 is 0 Å². The quantitative estimate of drug-likeness (QED) is 0.600. The van der Waals surface area contributed by atoms with Crippen LogP contribution in [0.15, 0.2) is 0 Å². The van der Waals surface area contributed by atoms with Crippen molar-refractivity contribution in [2.75, 3.05) is 33.7 Å². The zero-order valence-corrected chi connectivity index (χ0v) is 23.0. The number of carbonyl (C=O) groups is 2. The van der Waals surface area contributed by atoms with E-state index in [-0.39, 0.29) is 17.7 Å². The number of nitrogens with zero attached hydrogens (tertiary/aromatic N) is 4. The fraction of sp³-hybridized carbons (Fsp3) is 0.792. The molecule has 3 heterocycles. The highest BCUT2D eigenvalue weighted by Gasteiger charge is 2.37. The number of aromatic nitrogens is 2. The van der Waals surface area contributed by atoms with E-state index in [0.717, 1.165) is 31.0 Å². The molecule has 1 aromatic rings. The summed E-state index contributed by atoms with van der Waals surface area (Å²) in [5.41, 5.74) is 0.754. The van der Waals surface area contributed by atoms with Crippen LogP contribution >= 0.6 is 0 Å². The third-order valence-corrected chi connectivity index (χ3v) is 9.36. The first kappa shape index (κ1) is 27.6. The lowest BCUT2D eigenvalue weighted by Gasteiger charge is -2.32. The van der Waals surface area contributed by atoms with E-state index in [1.54, 1.807) is 25.2 Å². The molecule has 11 heteroatoms. The van der Waals surface area contributed by atoms with Crippen LogP contribution in [0.4, 0.5) is 0 Å². The molecular weight excluding hydrogens is 468 g/mol. The normalized spacial score (nSPS) is 19.8. The van der Waals surface area contributed by atoms with Crippen LogP contribution in [-0.2, 0) is 27.9 Å². The number of nitrogens with one attached hydrogen (secondary N) is 2. The lowest BCUT2D eigenvalue weighted by atomic mass is 9.86. The molecule has 1 aromatic heterocycles. The van der Waals surface area contributed by atoms with Crippen LogP contribution in [0.5, 0.6) is 0 Å². The van der Waals surface area contributed by atoms with Crippen LogP contribution in [0.3, 0.4) is 0 Å². The fourth-order valence-electron chi connectivity index (χ4n) is 4.93. The predicted molar refractivity (Wildman–Crippen MR) is 136 cm³/mol. The predicted octanol–water partition coefficient (Wildman–Crippen LogP) is 1.53. The molecule has 10 nitrogen and oxygen atoms in total. The number of carbonyl (C=O) groups excluding carboxylic acids is 2. The summed E-state index contributed by atoms with van der Waals surface area (Å²) < 4.78 is 29.0. The number of hydrogen-bond donors (Lipinski definition) is 2. The summed E-state index contributed by atoms with van der Waals surface area (Å²) in [6, 6.07) is -0.700. The Hall–Kier alpha value is -1.98. The van der Waals surface area contributed by atoms with Crippen molar-refractivity contribution < 1.29 is 18.0 Å². The van der Waals surface area contributed by atoms with E-state index < -0.39 is 26.7 Å². The third kappa shape index (κ3) is 5.89. The summed E-state index contributed by atoms with van der Waals surface area (Å²) in [5, 5.41) is 5.14. The summed E-state index contributed by atoms with van der Waals surface area (Å²) in [6.45, 7) is 12.3. The van der Waals surface area contributed by atoms with Gasteiger partial charge in [0.15, 0.2) is 5.69 Å². The number of rotatable bonds is 6. The van der Waals surface area contributed by atoms with Crippen molar-refractivity contribution in [2.24, 2.45) is 5.41 Å². The zero-order chi connectivity index (χ0) is 26.1. The standard InChI is InChI=1S/C24H42N6O4S/c1-16(2)35(33,34)29-13-9-17(10-14-29)21-26-19(18-15-28(7)11-8-12-30(18)21)22(31)27-20(23(32)25-6)24(3,4)5/h16-17,20H,8-15H2,1-7H3,(H,25,32)(H,27,31). The van der Waals surface area contributed by atoms with Gasteiger partial charge in [-0.2, -0.15) is 0 Å². The van der Waals surface area contributed by atoms with Gasteiger partial charge in [-0.25, -0.2) is 17.7 Å². The number of piperidine rings is 1. The van der Waals surface area contributed by atoms with Crippen molar-refractivity contribution in [3.8, 4) is 0 Å². The summed E-state index contributed by atoms with van der Waals surface area (Å²) in [4.78, 5) is 33.1. The van der Waals surface area contributed by atoms with Gasteiger partial charge in [-0.15, -0.1) is 0 Å². The molecule has 35 heavy (non-hydrogen) atoms. The second-order valence-corrected chi connectivity index (χ2v) is 13.7. The van der Waals surface area contributed by atoms with E-state index in [2.05, 4.69) is 20.1 Å². The molecule has 3 rings (SSSR count). The van der Waals surface area contributed by atoms with Crippen molar-refractivity contribution in [3.63, 3.8) is 0 Å². The Morgan fingerprint density at radius 1 is 1.09 bits per heavy atom. The van der Waals surface area contributed by atoms with Gasteiger partial charge in [-0.05, 0) is 52.1 Å². The van der Waals surface area contributed by atoms with E-state index in [4.69, 9.17) is 4.98 Å². The maximum Gasteiger partial charge on any atom is 0.272 e. The zero-order valence-electron chi connectivity index (χ0n) is 22.2. The SMILES string of the molecule is CNC(=O)C(NC(=O)c1nc(C2CCN(S(=O)(=O)C(C)C)CC2)n2c1CN(C)CCC2)C(C)(C)C. The molecule has 2 aliphatic rings. The van der Waals surface area contributed by atoms with Crippen LogP contribution in [0.25, 0.3) is 0 Å². The molecule has 2 amide bonds. The third-order valence-electron chi connectivity index (χ3n) is 7.08. The minimum atomic E-state index is -3.29. The molecule has 198 valence electrons. The van der Waals surface area contributed by atoms with E-state index in [1.807, 2.05) is 27.8 Å². The maximum atomic E-state index is 13.5. The molecule has 0 aliphatic carbocycles. The van der Waals surface area contributed by atoms with Crippen LogP contribution in [-0.4, -0.2) is 84.0 Å². The largest absolute Gasteiger partial charge is 0.357 e. The van der Waals surface area contributed by atoms with Gasteiger partial charge in [0, 0.05) is 39.1 Å². The maximum absolute atomic E-state index is 13.5. The molecule has 2 N–H and O–H groups in total. The van der Waals surface area contributed by atoms with Gasteiger partial charge < -0.3 is 20.1 Å². The smallest absolute Gasteiger partial charge is 0.272 e. The molecule has 0 aromatic carbocycles. The van der Waals surface area contributed by atoms with Crippen molar-refractivity contribution in [1.29, 1.82) is 0 Å². The van der Waals surface area contributed by atoms with Gasteiger partial charge in [0.2, 0.25) is 15.9 Å². The Morgan fingerprint density at radius 2 is 1.71 bits per heavy atom. The average Bonchev–Trinajstić information content (AvgIpc) is 3.02. The second kappa shape index (κ2) is 10.6. The van der Waals surface area contributed by atoms with Crippen molar-refractivity contribution >= 4 is 21.8 Å². The number of amides is 2. The molecular formula is C24H42N6O4S. The van der Waals surface area contributed by atoms with Gasteiger partial charge in [0.25, 0.3) is 5.91 Å². The number of fused-ring (bicyclic) bond motifs is 1. The average molecular weight is 511 g/mol. The Morgan fingerprint density at radius 3 is 2.26 bits per heavy atom. The van der Waals surface area contributed by atoms with Crippen molar-refractivity contribution in [1.82, 2.24) is 29.4 Å². The Kier molecular flexibility index (Phi) is 8.33. The Bertz CT molecular complexity index is 1040. The Balaban J connectivity index is 1.92. The van der Waals surface area contributed by atoms with Gasteiger partial charge in [-0.1, -0.05) is 20.8 Å². The first-order valence-corrected chi connectivity index (χ1v) is 14.1. The minimum absolute atomic E-state index is 0.0784. The molecule has 0 bridgehead atoms. The first-order chi connectivity index (χ1) is 16.3. The van der Waals surface area contributed by atoms with Gasteiger partial charge in [-0.3, -0.25) is 9.59 Å². The number of hydrogen-bond acceptors (Lipinski definition) is 6. The molecule has 1 saturated heterocycles. The summed E-state index contributed by atoms with van der Waals surface area (Å²) in [7, 11) is 0.309. The summed E-state index contributed by atoms with van der Waals surface area (Å²) >= 11 is 0. The number of imidazole rings is 1. The number of sulfonamides is 1. The minimum Gasteiger partial charge on any atom is -0.357 e.